The van der Waals surface area contributed by atoms with Gasteiger partial charge in [-0.3, -0.25) is 14.7 Å². The Balaban J connectivity index is 0.00000450. The van der Waals surface area contributed by atoms with Gasteiger partial charge in [-0.2, -0.15) is 0 Å². The van der Waals surface area contributed by atoms with Gasteiger partial charge in [0.25, 0.3) is 0 Å². The van der Waals surface area contributed by atoms with E-state index in [0.29, 0.717) is 25.7 Å². The van der Waals surface area contributed by atoms with Gasteiger partial charge in [-0.05, 0) is 43.6 Å². The number of carbonyl (C=O) groups excluding carboxylic acids is 1. The van der Waals surface area contributed by atoms with Crippen LogP contribution < -0.4 is 20.7 Å². The lowest BCUT2D eigenvalue weighted by Crippen LogP contribution is -2.47. The van der Waals surface area contributed by atoms with Gasteiger partial charge in [-0.25, -0.2) is 0 Å². The smallest absolute Gasteiger partial charge is 0.239 e. The highest BCUT2D eigenvalue weighted by atomic mass is 127. The molecule has 0 bridgehead atoms. The third-order valence-electron chi connectivity index (χ3n) is 5.06. The van der Waals surface area contributed by atoms with E-state index in [1.165, 1.54) is 24.8 Å². The van der Waals surface area contributed by atoms with Crippen LogP contribution in [0, 0.1) is 0 Å². The maximum atomic E-state index is 11.9. The lowest BCUT2D eigenvalue weighted by molar-refractivity contribution is -0.120. The quantitative estimate of drug-likeness (QED) is 0.184. The molecule has 1 atom stereocenters. The zero-order valence-corrected chi connectivity index (χ0v) is 20.6. The number of nitrogens with zero attached hydrogens (tertiary/aromatic N) is 2. The molecular formula is C21H36IN5O3. The van der Waals surface area contributed by atoms with Gasteiger partial charge in [0.2, 0.25) is 5.91 Å². The number of halogens is 1. The second-order valence-corrected chi connectivity index (χ2v) is 7.04. The van der Waals surface area contributed by atoms with Crippen molar-refractivity contribution >= 4 is 35.8 Å². The Morgan fingerprint density at radius 3 is 2.40 bits per heavy atom. The molecule has 1 fully saturated rings. The van der Waals surface area contributed by atoms with Crippen molar-refractivity contribution < 1.29 is 14.3 Å². The van der Waals surface area contributed by atoms with E-state index in [-0.39, 0.29) is 42.5 Å². The summed E-state index contributed by atoms with van der Waals surface area (Å²) in [6.07, 6.45) is 3.74. The molecule has 0 aromatic heterocycles. The van der Waals surface area contributed by atoms with E-state index >= 15 is 0 Å². The highest BCUT2D eigenvalue weighted by molar-refractivity contribution is 14.0. The molecule has 9 heteroatoms. The number of aliphatic imine (C=N–C) groups is 1. The summed E-state index contributed by atoms with van der Waals surface area (Å²) < 4.78 is 10.2. The first-order valence-corrected chi connectivity index (χ1v) is 10.3. The first kappa shape index (κ1) is 26.4. The Morgan fingerprint density at radius 2 is 1.80 bits per heavy atom. The Kier molecular flexibility index (Phi) is 13.4. The number of amides is 1. The van der Waals surface area contributed by atoms with E-state index in [1.54, 1.807) is 21.3 Å². The minimum absolute atomic E-state index is 0. The summed E-state index contributed by atoms with van der Waals surface area (Å²) in [5.74, 6) is 1.38. The van der Waals surface area contributed by atoms with Crippen molar-refractivity contribution in [1.29, 1.82) is 0 Å². The van der Waals surface area contributed by atoms with E-state index in [4.69, 9.17) is 9.47 Å². The number of carbonyl (C=O) groups is 1. The lowest BCUT2D eigenvalue weighted by atomic mass is 10.0. The van der Waals surface area contributed by atoms with Crippen molar-refractivity contribution in [2.24, 2.45) is 4.99 Å². The maximum absolute atomic E-state index is 11.9. The Morgan fingerprint density at radius 1 is 1.10 bits per heavy atom. The Bertz CT molecular complexity index is 636. The molecule has 0 aliphatic carbocycles. The average Bonchev–Trinajstić information content (AvgIpc) is 2.77. The highest BCUT2D eigenvalue weighted by Gasteiger charge is 2.22. The number of piperidine rings is 1. The number of rotatable bonds is 10. The van der Waals surface area contributed by atoms with Gasteiger partial charge in [0.05, 0.1) is 26.3 Å². The van der Waals surface area contributed by atoms with E-state index in [9.17, 15) is 4.79 Å². The Labute approximate surface area is 197 Å². The topological polar surface area (TPSA) is 87.2 Å². The van der Waals surface area contributed by atoms with Gasteiger partial charge < -0.3 is 25.4 Å². The van der Waals surface area contributed by atoms with Gasteiger partial charge in [-0.15, -0.1) is 24.0 Å². The van der Waals surface area contributed by atoms with E-state index in [1.807, 2.05) is 12.1 Å². The molecule has 1 aromatic rings. The van der Waals surface area contributed by atoms with Crippen LogP contribution in [0.15, 0.2) is 29.3 Å². The largest absolute Gasteiger partial charge is 0.497 e. The number of hydrogen-bond acceptors (Lipinski definition) is 5. The molecule has 170 valence electrons. The van der Waals surface area contributed by atoms with Crippen molar-refractivity contribution in [3.05, 3.63) is 29.8 Å². The number of ether oxygens (including phenoxy) is 2. The molecule has 2 rings (SSSR count). The van der Waals surface area contributed by atoms with Crippen LogP contribution in [-0.4, -0.2) is 77.4 Å². The van der Waals surface area contributed by atoms with Crippen LogP contribution in [0.5, 0.6) is 5.75 Å². The van der Waals surface area contributed by atoms with E-state index < -0.39 is 0 Å². The van der Waals surface area contributed by atoms with Crippen molar-refractivity contribution in [2.45, 2.75) is 25.3 Å². The second-order valence-electron chi connectivity index (χ2n) is 7.04. The molecule has 8 nitrogen and oxygen atoms in total. The van der Waals surface area contributed by atoms with Crippen molar-refractivity contribution in [3.8, 4) is 5.75 Å². The fourth-order valence-corrected chi connectivity index (χ4v) is 3.45. The van der Waals surface area contributed by atoms with Crippen molar-refractivity contribution in [1.82, 2.24) is 20.9 Å². The number of hydrogen-bond donors (Lipinski definition) is 3. The van der Waals surface area contributed by atoms with E-state index in [2.05, 4.69) is 38.0 Å². The van der Waals surface area contributed by atoms with Gasteiger partial charge in [0.15, 0.2) is 5.96 Å². The predicted molar refractivity (Wildman–Crippen MR) is 131 cm³/mol. The fraction of sp³-hybridized carbons (Fsp3) is 0.619. The van der Waals surface area contributed by atoms with Crippen molar-refractivity contribution in [2.75, 3.05) is 60.6 Å². The fourth-order valence-electron chi connectivity index (χ4n) is 3.45. The summed E-state index contributed by atoms with van der Waals surface area (Å²) in [4.78, 5) is 18.6. The molecule has 1 unspecified atom stereocenters. The normalized spacial score (nSPS) is 15.6. The summed E-state index contributed by atoms with van der Waals surface area (Å²) in [5, 5.41) is 9.24. The van der Waals surface area contributed by atoms with Crippen molar-refractivity contribution in [3.63, 3.8) is 0 Å². The summed E-state index contributed by atoms with van der Waals surface area (Å²) >= 11 is 0. The molecule has 1 aliphatic heterocycles. The van der Waals surface area contributed by atoms with Crippen LogP contribution in [0.1, 0.15) is 30.9 Å². The monoisotopic (exact) mass is 533 g/mol. The molecule has 1 aliphatic rings. The van der Waals surface area contributed by atoms with Crippen LogP contribution in [0.3, 0.4) is 0 Å². The molecule has 1 saturated heterocycles. The van der Waals surface area contributed by atoms with Gasteiger partial charge >= 0.3 is 0 Å². The molecule has 1 aromatic carbocycles. The zero-order chi connectivity index (χ0) is 20.9. The SMILES string of the molecule is CN=C(NCC(=O)NCCOC)NCC(c1ccc(OC)cc1)N1CCCCC1.I. The number of methoxy groups -OCH3 is 2. The van der Waals surface area contributed by atoms with E-state index in [0.717, 1.165) is 18.8 Å². The standard InChI is InChI=1S/C21H35N5O3.HI/c1-22-21(25-16-20(27)23-11-14-28-2)24-15-19(26-12-5-4-6-13-26)17-7-9-18(29-3)10-8-17;/h7-10,19H,4-6,11-16H2,1-3H3,(H,23,27)(H2,22,24,25);1H. The maximum Gasteiger partial charge on any atom is 0.239 e. The summed E-state index contributed by atoms with van der Waals surface area (Å²) in [5.41, 5.74) is 1.24. The summed E-state index contributed by atoms with van der Waals surface area (Å²) in [6.45, 7) is 4.05. The molecule has 0 saturated carbocycles. The lowest BCUT2D eigenvalue weighted by Gasteiger charge is -2.35. The van der Waals surface area contributed by atoms with Crippen LogP contribution in [-0.2, 0) is 9.53 Å². The first-order chi connectivity index (χ1) is 14.2. The van der Waals surface area contributed by atoms with Gasteiger partial charge in [0.1, 0.15) is 5.75 Å². The minimum Gasteiger partial charge on any atom is -0.497 e. The van der Waals surface area contributed by atoms with Gasteiger partial charge in [-0.1, -0.05) is 18.6 Å². The minimum atomic E-state index is -0.0901. The molecule has 1 heterocycles. The number of nitrogens with one attached hydrogen (secondary N) is 3. The summed E-state index contributed by atoms with van der Waals surface area (Å²) in [7, 11) is 5.00. The van der Waals surface area contributed by atoms with Crippen LogP contribution in [0.25, 0.3) is 0 Å². The summed E-state index contributed by atoms with van der Waals surface area (Å²) in [6, 6.07) is 8.49. The number of benzene rings is 1. The predicted octanol–water partition coefficient (Wildman–Crippen LogP) is 1.77. The zero-order valence-electron chi connectivity index (χ0n) is 18.3. The van der Waals surface area contributed by atoms with Gasteiger partial charge in [0, 0.05) is 27.2 Å². The number of guanidine groups is 1. The Hall–Kier alpha value is -1.59. The molecule has 1 amide bonds. The number of likely N-dealkylation sites (tertiary alicyclic amines) is 1. The third-order valence-corrected chi connectivity index (χ3v) is 5.06. The van der Waals surface area contributed by atoms with Crippen LogP contribution >= 0.6 is 24.0 Å². The molecule has 0 radical (unpaired) electrons. The first-order valence-electron chi connectivity index (χ1n) is 10.3. The second kappa shape index (κ2) is 15.2. The average molecular weight is 533 g/mol. The van der Waals surface area contributed by atoms with Crippen LogP contribution in [0.2, 0.25) is 0 Å². The third kappa shape index (κ3) is 9.05. The molecule has 3 N–H and O–H groups in total. The molecular weight excluding hydrogens is 497 g/mol. The molecule has 30 heavy (non-hydrogen) atoms. The highest BCUT2D eigenvalue weighted by Crippen LogP contribution is 2.25. The van der Waals surface area contributed by atoms with Crippen LogP contribution in [0.4, 0.5) is 0 Å². The molecule has 0 spiro atoms.